The molecule has 0 aliphatic rings. The summed E-state index contributed by atoms with van der Waals surface area (Å²) in [5.41, 5.74) is 0.497. The van der Waals surface area contributed by atoms with Crippen LogP contribution in [0.3, 0.4) is 0 Å². The molecule has 6 heteroatoms. The van der Waals surface area contributed by atoms with Crippen LogP contribution in [0.1, 0.15) is 10.5 Å². The minimum Gasteiger partial charge on any atom is -0.497 e. The van der Waals surface area contributed by atoms with E-state index < -0.39 is 5.97 Å². The van der Waals surface area contributed by atoms with Gasteiger partial charge in [-0.25, -0.2) is 4.79 Å². The van der Waals surface area contributed by atoms with E-state index in [1.54, 1.807) is 25.3 Å². The van der Waals surface area contributed by atoms with E-state index in [0.717, 1.165) is 5.39 Å². The quantitative estimate of drug-likeness (QED) is 0.778. The van der Waals surface area contributed by atoms with Gasteiger partial charge in [0.1, 0.15) is 11.3 Å². The third-order valence-corrected chi connectivity index (χ3v) is 2.70. The number of hydrogen-bond donors (Lipinski definition) is 1. The standard InChI is InChI=1S/C13H9NO5/c1-17-8-2-3-10-7(4-8)5-11(18-10)12-6-9(13(15)16)14-19-12/h2-6H,1H3,(H,15,16). The van der Waals surface area contributed by atoms with Gasteiger partial charge >= 0.3 is 5.97 Å². The van der Waals surface area contributed by atoms with Gasteiger partial charge in [0.15, 0.2) is 11.5 Å². The summed E-state index contributed by atoms with van der Waals surface area (Å²) in [4.78, 5) is 10.7. The van der Waals surface area contributed by atoms with Crippen LogP contribution in [0, 0.1) is 0 Å². The Labute approximate surface area is 107 Å². The van der Waals surface area contributed by atoms with E-state index >= 15 is 0 Å². The average molecular weight is 259 g/mol. The highest BCUT2D eigenvalue weighted by Crippen LogP contribution is 2.30. The van der Waals surface area contributed by atoms with Crippen molar-refractivity contribution < 1.29 is 23.6 Å². The molecule has 6 nitrogen and oxygen atoms in total. The lowest BCUT2D eigenvalue weighted by Crippen LogP contribution is -1.94. The van der Waals surface area contributed by atoms with Gasteiger partial charge < -0.3 is 18.8 Å². The van der Waals surface area contributed by atoms with E-state index in [9.17, 15) is 4.79 Å². The summed E-state index contributed by atoms with van der Waals surface area (Å²) in [5.74, 6) is 0.257. The van der Waals surface area contributed by atoms with E-state index in [1.807, 2.05) is 6.07 Å². The number of aromatic carboxylic acids is 1. The summed E-state index contributed by atoms with van der Waals surface area (Å²) in [6.45, 7) is 0. The van der Waals surface area contributed by atoms with Crippen LogP contribution in [-0.4, -0.2) is 23.3 Å². The molecule has 0 aliphatic carbocycles. The Morgan fingerprint density at radius 1 is 1.26 bits per heavy atom. The Bertz CT molecular complexity index is 755. The number of carboxylic acid groups (broad SMARTS) is 1. The first-order valence-corrected chi connectivity index (χ1v) is 5.45. The van der Waals surface area contributed by atoms with Crippen LogP contribution in [0.5, 0.6) is 5.75 Å². The maximum Gasteiger partial charge on any atom is 0.358 e. The zero-order valence-electron chi connectivity index (χ0n) is 9.91. The van der Waals surface area contributed by atoms with Crippen molar-refractivity contribution >= 4 is 16.9 Å². The van der Waals surface area contributed by atoms with Gasteiger partial charge in [0.2, 0.25) is 5.76 Å². The number of nitrogens with zero attached hydrogens (tertiary/aromatic N) is 1. The van der Waals surface area contributed by atoms with Crippen molar-refractivity contribution in [1.29, 1.82) is 0 Å². The van der Waals surface area contributed by atoms with Crippen molar-refractivity contribution in [2.24, 2.45) is 0 Å². The Balaban J connectivity index is 2.06. The first-order valence-electron chi connectivity index (χ1n) is 5.45. The molecule has 19 heavy (non-hydrogen) atoms. The predicted molar refractivity (Wildman–Crippen MR) is 65.2 cm³/mol. The molecule has 3 aromatic rings. The molecule has 1 aromatic carbocycles. The monoisotopic (exact) mass is 259 g/mol. The molecule has 0 bridgehead atoms. The minimum absolute atomic E-state index is 0.159. The van der Waals surface area contributed by atoms with Gasteiger partial charge in [0.05, 0.1) is 7.11 Å². The van der Waals surface area contributed by atoms with Crippen molar-refractivity contribution in [1.82, 2.24) is 5.16 Å². The van der Waals surface area contributed by atoms with Crippen molar-refractivity contribution in [3.05, 3.63) is 36.0 Å². The molecule has 0 radical (unpaired) electrons. The number of rotatable bonds is 3. The fourth-order valence-electron chi connectivity index (χ4n) is 1.76. The SMILES string of the molecule is COc1ccc2oc(-c3cc(C(=O)O)no3)cc2c1. The molecule has 2 aromatic heterocycles. The Kier molecular flexibility index (Phi) is 2.49. The van der Waals surface area contributed by atoms with Crippen LogP contribution in [-0.2, 0) is 0 Å². The molecule has 0 aliphatic heterocycles. The zero-order valence-corrected chi connectivity index (χ0v) is 9.91. The predicted octanol–water partition coefficient (Wildman–Crippen LogP) is 2.79. The highest BCUT2D eigenvalue weighted by atomic mass is 16.5. The van der Waals surface area contributed by atoms with Gasteiger partial charge in [-0.2, -0.15) is 0 Å². The summed E-state index contributed by atoms with van der Waals surface area (Å²) in [5, 5.41) is 13.1. The van der Waals surface area contributed by atoms with E-state index in [1.165, 1.54) is 6.07 Å². The molecular formula is C13H9NO5. The number of fused-ring (bicyclic) bond motifs is 1. The molecule has 0 atom stereocenters. The highest BCUT2D eigenvalue weighted by molar-refractivity contribution is 5.87. The number of benzene rings is 1. The molecule has 0 spiro atoms. The summed E-state index contributed by atoms with van der Waals surface area (Å²) in [6, 6.07) is 8.42. The van der Waals surface area contributed by atoms with Crippen molar-refractivity contribution in [2.75, 3.05) is 7.11 Å². The minimum atomic E-state index is -1.15. The van der Waals surface area contributed by atoms with Crippen molar-refractivity contribution in [2.45, 2.75) is 0 Å². The lowest BCUT2D eigenvalue weighted by atomic mass is 10.2. The van der Waals surface area contributed by atoms with E-state index in [0.29, 0.717) is 17.1 Å². The number of ether oxygens (including phenoxy) is 1. The Hall–Kier alpha value is -2.76. The highest BCUT2D eigenvalue weighted by Gasteiger charge is 2.15. The lowest BCUT2D eigenvalue weighted by Gasteiger charge is -1.96. The largest absolute Gasteiger partial charge is 0.497 e. The summed E-state index contributed by atoms with van der Waals surface area (Å²) in [7, 11) is 1.58. The number of methoxy groups -OCH3 is 1. The normalized spacial score (nSPS) is 10.8. The van der Waals surface area contributed by atoms with Gasteiger partial charge in [0, 0.05) is 11.5 Å². The average Bonchev–Trinajstić information content (AvgIpc) is 3.04. The lowest BCUT2D eigenvalue weighted by molar-refractivity contribution is 0.0686. The van der Waals surface area contributed by atoms with Crippen molar-refractivity contribution in [3.8, 4) is 17.3 Å². The molecule has 0 fully saturated rings. The zero-order chi connectivity index (χ0) is 13.4. The summed E-state index contributed by atoms with van der Waals surface area (Å²) < 4.78 is 15.6. The van der Waals surface area contributed by atoms with E-state index in [2.05, 4.69) is 5.16 Å². The van der Waals surface area contributed by atoms with Crippen LogP contribution in [0.2, 0.25) is 0 Å². The fraction of sp³-hybridized carbons (Fsp3) is 0.0769. The van der Waals surface area contributed by atoms with Gasteiger partial charge in [-0.3, -0.25) is 0 Å². The Morgan fingerprint density at radius 2 is 2.11 bits per heavy atom. The second-order valence-corrected chi connectivity index (χ2v) is 3.90. The maximum atomic E-state index is 10.7. The van der Waals surface area contributed by atoms with Crippen LogP contribution >= 0.6 is 0 Å². The first-order chi connectivity index (χ1) is 9.17. The van der Waals surface area contributed by atoms with Gasteiger partial charge in [-0.15, -0.1) is 0 Å². The van der Waals surface area contributed by atoms with Crippen LogP contribution in [0.25, 0.3) is 22.5 Å². The molecule has 0 saturated heterocycles. The third-order valence-electron chi connectivity index (χ3n) is 2.70. The van der Waals surface area contributed by atoms with E-state index in [-0.39, 0.29) is 11.5 Å². The first kappa shape index (κ1) is 11.3. The maximum absolute atomic E-state index is 10.7. The molecule has 3 rings (SSSR count). The van der Waals surface area contributed by atoms with Gasteiger partial charge in [-0.05, 0) is 24.3 Å². The third kappa shape index (κ3) is 1.93. The number of aromatic nitrogens is 1. The van der Waals surface area contributed by atoms with Gasteiger partial charge in [-0.1, -0.05) is 5.16 Å². The number of furan rings is 1. The van der Waals surface area contributed by atoms with E-state index in [4.69, 9.17) is 18.8 Å². The number of carboxylic acids is 1. The number of hydrogen-bond acceptors (Lipinski definition) is 5. The molecular weight excluding hydrogens is 250 g/mol. The van der Waals surface area contributed by atoms with Crippen molar-refractivity contribution in [3.63, 3.8) is 0 Å². The molecule has 0 saturated carbocycles. The molecule has 2 heterocycles. The number of carbonyl (C=O) groups is 1. The topological polar surface area (TPSA) is 85.7 Å². The smallest absolute Gasteiger partial charge is 0.358 e. The van der Waals surface area contributed by atoms with Crippen LogP contribution < -0.4 is 4.74 Å². The second kappa shape index (κ2) is 4.16. The summed E-state index contributed by atoms with van der Waals surface area (Å²) >= 11 is 0. The molecule has 0 unspecified atom stereocenters. The summed E-state index contributed by atoms with van der Waals surface area (Å²) in [6.07, 6.45) is 0. The van der Waals surface area contributed by atoms with Gasteiger partial charge in [0.25, 0.3) is 0 Å². The van der Waals surface area contributed by atoms with Crippen LogP contribution in [0.4, 0.5) is 0 Å². The molecule has 0 amide bonds. The molecule has 96 valence electrons. The molecule has 1 N–H and O–H groups in total. The van der Waals surface area contributed by atoms with Crippen LogP contribution in [0.15, 0.2) is 39.3 Å². The Morgan fingerprint density at radius 3 is 2.79 bits per heavy atom. The second-order valence-electron chi connectivity index (χ2n) is 3.90. The fourth-order valence-corrected chi connectivity index (χ4v) is 1.76.